The Morgan fingerprint density at radius 2 is 1.84 bits per heavy atom. The summed E-state index contributed by atoms with van der Waals surface area (Å²) in [6, 6.07) is -1.03. The van der Waals surface area contributed by atoms with E-state index in [1.54, 1.807) is 11.8 Å². The number of hydrogen-bond donors (Lipinski definition) is 2. The van der Waals surface area contributed by atoms with Gasteiger partial charge in [0.05, 0.1) is 0 Å². The molecule has 19 heavy (non-hydrogen) atoms. The maximum absolute atomic E-state index is 12.0. The summed E-state index contributed by atoms with van der Waals surface area (Å²) < 4.78 is 0. The highest BCUT2D eigenvalue weighted by molar-refractivity contribution is 5.82. The van der Waals surface area contributed by atoms with E-state index >= 15 is 0 Å². The van der Waals surface area contributed by atoms with Gasteiger partial charge >= 0.3 is 12.0 Å². The molecule has 1 aliphatic heterocycles. The van der Waals surface area contributed by atoms with Crippen LogP contribution in [0.2, 0.25) is 0 Å². The molecule has 5 heteroatoms. The Bertz CT molecular complexity index is 328. The van der Waals surface area contributed by atoms with Crippen molar-refractivity contribution in [3.63, 3.8) is 0 Å². The van der Waals surface area contributed by atoms with Crippen LogP contribution in [0.25, 0.3) is 0 Å². The minimum atomic E-state index is -0.972. The minimum Gasteiger partial charge on any atom is -0.480 e. The third-order valence-corrected chi connectivity index (χ3v) is 4.01. The molecule has 0 aliphatic carbocycles. The highest BCUT2D eigenvalue weighted by atomic mass is 16.4. The first-order valence-electron chi connectivity index (χ1n) is 7.04. The topological polar surface area (TPSA) is 69.6 Å². The van der Waals surface area contributed by atoms with Gasteiger partial charge in [0, 0.05) is 13.1 Å². The number of carbonyl (C=O) groups excluding carboxylic acids is 1. The number of carbonyl (C=O) groups is 2. The fraction of sp³-hybridized carbons (Fsp3) is 0.857. The number of urea groups is 1. The normalized spacial score (nSPS) is 19.1. The van der Waals surface area contributed by atoms with E-state index in [1.807, 2.05) is 0 Å². The van der Waals surface area contributed by atoms with Gasteiger partial charge < -0.3 is 15.3 Å². The third-order valence-electron chi connectivity index (χ3n) is 4.01. The standard InChI is InChI=1S/C14H26N2O3/c1-5-11(12(17)18)15-13(19)16-8-6-10(7-9-16)14(2,3)4/h10-11H,5-9H2,1-4H3,(H,15,19)(H,17,18)/t11-/m0/s1. The Balaban J connectivity index is 2.47. The monoisotopic (exact) mass is 270 g/mol. The van der Waals surface area contributed by atoms with Crippen LogP contribution >= 0.6 is 0 Å². The van der Waals surface area contributed by atoms with Crippen molar-refractivity contribution < 1.29 is 14.7 Å². The lowest BCUT2D eigenvalue weighted by Gasteiger charge is -2.39. The molecule has 1 rings (SSSR count). The lowest BCUT2D eigenvalue weighted by molar-refractivity contribution is -0.139. The number of rotatable bonds is 3. The van der Waals surface area contributed by atoms with Crippen molar-refractivity contribution in [2.75, 3.05) is 13.1 Å². The lowest BCUT2D eigenvalue weighted by atomic mass is 9.75. The summed E-state index contributed by atoms with van der Waals surface area (Å²) in [6.45, 7) is 9.86. The number of nitrogens with zero attached hydrogens (tertiary/aromatic N) is 1. The summed E-state index contributed by atoms with van der Waals surface area (Å²) in [5.41, 5.74) is 0.273. The Morgan fingerprint density at radius 3 is 2.21 bits per heavy atom. The maximum atomic E-state index is 12.0. The summed E-state index contributed by atoms with van der Waals surface area (Å²) in [5.74, 6) is -0.349. The van der Waals surface area contributed by atoms with E-state index in [9.17, 15) is 9.59 Å². The van der Waals surface area contributed by atoms with Gasteiger partial charge in [-0.2, -0.15) is 0 Å². The van der Waals surface area contributed by atoms with Crippen LogP contribution < -0.4 is 5.32 Å². The van der Waals surface area contributed by atoms with Gasteiger partial charge in [-0.1, -0.05) is 27.7 Å². The molecule has 0 bridgehead atoms. The average Bonchev–Trinajstić information content (AvgIpc) is 2.34. The van der Waals surface area contributed by atoms with Gasteiger partial charge in [-0.15, -0.1) is 0 Å². The Labute approximate surface area is 115 Å². The summed E-state index contributed by atoms with van der Waals surface area (Å²) in [6.07, 6.45) is 2.38. The van der Waals surface area contributed by atoms with E-state index in [0.717, 1.165) is 12.8 Å². The van der Waals surface area contributed by atoms with E-state index in [-0.39, 0.29) is 11.4 Å². The van der Waals surface area contributed by atoms with Gasteiger partial charge in [0.25, 0.3) is 0 Å². The van der Waals surface area contributed by atoms with Crippen LogP contribution in [-0.4, -0.2) is 41.1 Å². The van der Waals surface area contributed by atoms with Gasteiger partial charge in [-0.3, -0.25) is 0 Å². The second kappa shape index (κ2) is 6.26. The van der Waals surface area contributed by atoms with Crippen molar-refractivity contribution >= 4 is 12.0 Å². The van der Waals surface area contributed by atoms with Crippen LogP contribution in [0.1, 0.15) is 47.0 Å². The van der Waals surface area contributed by atoms with E-state index in [1.165, 1.54) is 0 Å². The van der Waals surface area contributed by atoms with Crippen LogP contribution in [0, 0.1) is 11.3 Å². The SMILES string of the molecule is CC[C@H](NC(=O)N1CCC(C(C)(C)C)CC1)C(=O)O. The van der Waals surface area contributed by atoms with Crippen molar-refractivity contribution in [1.82, 2.24) is 10.2 Å². The number of hydrogen-bond acceptors (Lipinski definition) is 2. The molecule has 1 aliphatic rings. The predicted molar refractivity (Wildman–Crippen MR) is 74.0 cm³/mol. The molecule has 0 aromatic rings. The van der Waals surface area contributed by atoms with Crippen molar-refractivity contribution in [2.24, 2.45) is 11.3 Å². The Hall–Kier alpha value is -1.26. The molecule has 0 aromatic heterocycles. The molecule has 0 spiro atoms. The molecule has 1 saturated heterocycles. The number of nitrogens with one attached hydrogen (secondary N) is 1. The number of amides is 2. The van der Waals surface area contributed by atoms with Gasteiger partial charge in [-0.25, -0.2) is 9.59 Å². The Kier molecular flexibility index (Phi) is 5.20. The van der Waals surface area contributed by atoms with Crippen molar-refractivity contribution in [3.8, 4) is 0 Å². The number of carboxylic acid groups (broad SMARTS) is 1. The van der Waals surface area contributed by atoms with Crippen molar-refractivity contribution in [2.45, 2.75) is 53.0 Å². The number of piperidine rings is 1. The van der Waals surface area contributed by atoms with Gasteiger partial charge in [0.2, 0.25) is 0 Å². The van der Waals surface area contributed by atoms with Crippen LogP contribution in [0.5, 0.6) is 0 Å². The summed E-state index contributed by atoms with van der Waals surface area (Å²) >= 11 is 0. The van der Waals surface area contributed by atoms with Crippen LogP contribution in [0.3, 0.4) is 0 Å². The number of carboxylic acids is 1. The van der Waals surface area contributed by atoms with Gasteiger partial charge in [-0.05, 0) is 30.6 Å². The quantitative estimate of drug-likeness (QED) is 0.827. The maximum Gasteiger partial charge on any atom is 0.326 e. The van der Waals surface area contributed by atoms with Crippen LogP contribution in [0.4, 0.5) is 4.79 Å². The summed E-state index contributed by atoms with van der Waals surface area (Å²) in [7, 11) is 0. The molecule has 2 N–H and O–H groups in total. The van der Waals surface area contributed by atoms with E-state index in [0.29, 0.717) is 25.4 Å². The smallest absolute Gasteiger partial charge is 0.326 e. The molecule has 1 fully saturated rings. The molecule has 0 saturated carbocycles. The van der Waals surface area contributed by atoms with Crippen LogP contribution in [0.15, 0.2) is 0 Å². The van der Waals surface area contributed by atoms with Gasteiger partial charge in [0.15, 0.2) is 0 Å². The zero-order valence-electron chi connectivity index (χ0n) is 12.4. The molecule has 0 radical (unpaired) electrons. The van der Waals surface area contributed by atoms with E-state index < -0.39 is 12.0 Å². The second-order valence-corrected chi connectivity index (χ2v) is 6.38. The molecule has 110 valence electrons. The minimum absolute atomic E-state index is 0.249. The molecular formula is C14H26N2O3. The lowest BCUT2D eigenvalue weighted by Crippen LogP contribution is -2.50. The number of aliphatic carboxylic acids is 1. The zero-order chi connectivity index (χ0) is 14.6. The molecule has 5 nitrogen and oxygen atoms in total. The first-order chi connectivity index (χ1) is 8.75. The molecular weight excluding hydrogens is 244 g/mol. The van der Waals surface area contributed by atoms with Crippen molar-refractivity contribution in [3.05, 3.63) is 0 Å². The molecule has 1 atom stereocenters. The third kappa shape index (κ3) is 4.40. The van der Waals surface area contributed by atoms with Gasteiger partial charge in [0.1, 0.15) is 6.04 Å². The molecule has 1 heterocycles. The fourth-order valence-corrected chi connectivity index (χ4v) is 2.53. The highest BCUT2D eigenvalue weighted by Gasteiger charge is 2.31. The second-order valence-electron chi connectivity index (χ2n) is 6.38. The predicted octanol–water partition coefficient (Wildman–Crippen LogP) is 2.32. The summed E-state index contributed by atoms with van der Waals surface area (Å²) in [4.78, 5) is 24.6. The molecule has 2 amide bonds. The zero-order valence-corrected chi connectivity index (χ0v) is 12.4. The largest absolute Gasteiger partial charge is 0.480 e. The first kappa shape index (κ1) is 15.8. The number of likely N-dealkylation sites (tertiary alicyclic amines) is 1. The van der Waals surface area contributed by atoms with E-state index in [2.05, 4.69) is 26.1 Å². The fourth-order valence-electron chi connectivity index (χ4n) is 2.53. The molecule has 0 unspecified atom stereocenters. The first-order valence-corrected chi connectivity index (χ1v) is 7.04. The van der Waals surface area contributed by atoms with Crippen molar-refractivity contribution in [1.29, 1.82) is 0 Å². The summed E-state index contributed by atoms with van der Waals surface area (Å²) in [5, 5.41) is 11.5. The Morgan fingerprint density at radius 1 is 1.32 bits per heavy atom. The average molecular weight is 270 g/mol. The van der Waals surface area contributed by atoms with Crippen LogP contribution in [-0.2, 0) is 4.79 Å². The van der Waals surface area contributed by atoms with E-state index in [4.69, 9.17) is 5.11 Å². The highest BCUT2D eigenvalue weighted by Crippen LogP contribution is 2.34. The molecule has 0 aromatic carbocycles.